The number of nitrogens with one attached hydrogen (secondary N) is 1. The molecule has 0 saturated carbocycles. The van der Waals surface area contributed by atoms with Crippen LogP contribution in [0.25, 0.3) is 0 Å². The zero-order valence-corrected chi connectivity index (χ0v) is 18.2. The van der Waals surface area contributed by atoms with E-state index in [4.69, 9.17) is 4.18 Å². The quantitative estimate of drug-likeness (QED) is 0.666. The van der Waals surface area contributed by atoms with Gasteiger partial charge < -0.3 is 8.74 Å². The molecule has 3 atom stereocenters. The Hall–Kier alpha value is -1.74. The van der Waals surface area contributed by atoms with Crippen LogP contribution in [0.2, 0.25) is 0 Å². The van der Waals surface area contributed by atoms with Crippen LogP contribution in [-0.4, -0.2) is 28.5 Å². The summed E-state index contributed by atoms with van der Waals surface area (Å²) in [5.41, 5.74) is 0.991. The predicted molar refractivity (Wildman–Crippen MR) is 112 cm³/mol. The van der Waals surface area contributed by atoms with Gasteiger partial charge in [-0.05, 0) is 30.0 Å². The molecular formula is C21H26NO5S2-. The monoisotopic (exact) mass is 436 g/mol. The van der Waals surface area contributed by atoms with Crippen LogP contribution in [0.4, 0.5) is 0 Å². The lowest BCUT2D eigenvalue weighted by molar-refractivity contribution is 0.295. The third-order valence-corrected chi connectivity index (χ3v) is 7.82. The lowest BCUT2D eigenvalue weighted by Gasteiger charge is -2.35. The molecule has 2 aromatic carbocycles. The Balaban J connectivity index is 2.19. The first-order chi connectivity index (χ1) is 13.8. The standard InChI is InChI=1S/C21H27NO5S2/c1-3-5-13-21(4-2)15-29(25,26)19-14-17(27-28(23)24)11-12-18(19)20(22-21)16-9-7-6-8-10-16/h6-12,14,20,22H,3-5,13,15H2,1-2H3,(H,23,24)/p-1/t20-,21-/m1/s1. The maximum atomic E-state index is 13.4. The van der Waals surface area contributed by atoms with E-state index in [1.165, 1.54) is 12.1 Å². The van der Waals surface area contributed by atoms with Crippen molar-refractivity contribution in [3.05, 3.63) is 59.7 Å². The number of hydrogen-bond donors (Lipinski definition) is 1. The summed E-state index contributed by atoms with van der Waals surface area (Å²) in [5, 5.41) is 3.66. The van der Waals surface area contributed by atoms with Gasteiger partial charge in [-0.15, -0.1) is 0 Å². The van der Waals surface area contributed by atoms with E-state index in [9.17, 15) is 17.2 Å². The molecule has 0 aliphatic carbocycles. The van der Waals surface area contributed by atoms with Crippen molar-refractivity contribution in [3.8, 4) is 5.75 Å². The van der Waals surface area contributed by atoms with Gasteiger partial charge in [0.05, 0.1) is 16.7 Å². The van der Waals surface area contributed by atoms with E-state index in [2.05, 4.69) is 12.2 Å². The Morgan fingerprint density at radius 2 is 1.93 bits per heavy atom. The summed E-state index contributed by atoms with van der Waals surface area (Å²) < 4.78 is 53.4. The smallest absolute Gasteiger partial charge is 0.180 e. The van der Waals surface area contributed by atoms with E-state index in [-0.39, 0.29) is 22.4 Å². The Bertz CT molecular complexity index is 978. The molecule has 0 saturated heterocycles. The van der Waals surface area contributed by atoms with Gasteiger partial charge in [-0.3, -0.25) is 5.32 Å². The summed E-state index contributed by atoms with van der Waals surface area (Å²) >= 11 is -2.77. The van der Waals surface area contributed by atoms with Crippen molar-refractivity contribution in [3.63, 3.8) is 0 Å². The van der Waals surface area contributed by atoms with Crippen LogP contribution in [0.15, 0.2) is 53.4 Å². The fraction of sp³-hybridized carbons (Fsp3) is 0.429. The second kappa shape index (κ2) is 8.95. The number of fused-ring (bicyclic) bond motifs is 1. The van der Waals surface area contributed by atoms with Crippen LogP contribution in [0.3, 0.4) is 0 Å². The van der Waals surface area contributed by atoms with Crippen LogP contribution in [0, 0.1) is 0 Å². The maximum Gasteiger partial charge on any atom is 0.180 e. The summed E-state index contributed by atoms with van der Waals surface area (Å²) in [6, 6.07) is 13.8. The molecule has 8 heteroatoms. The molecule has 0 aromatic heterocycles. The fourth-order valence-corrected chi connectivity index (χ4v) is 6.39. The van der Waals surface area contributed by atoms with Gasteiger partial charge >= 0.3 is 0 Å². The van der Waals surface area contributed by atoms with Crippen LogP contribution in [0.1, 0.15) is 56.7 Å². The second-order valence-corrected chi connectivity index (χ2v) is 10.0. The average Bonchev–Trinajstić information content (AvgIpc) is 2.79. The SMILES string of the molecule is CCCC[C@]1(CC)CS(=O)(=O)c2cc(OS(=O)[O-])ccc2[C@@H](c2ccccc2)N1. The molecule has 1 aliphatic heterocycles. The minimum atomic E-state index is -3.67. The number of hydrogen-bond acceptors (Lipinski definition) is 6. The summed E-state index contributed by atoms with van der Waals surface area (Å²) in [4.78, 5) is 0.119. The van der Waals surface area contributed by atoms with Crippen molar-refractivity contribution in [1.82, 2.24) is 5.32 Å². The van der Waals surface area contributed by atoms with E-state index in [0.29, 0.717) is 12.0 Å². The predicted octanol–water partition coefficient (Wildman–Crippen LogP) is 3.66. The molecule has 1 N–H and O–H groups in total. The summed E-state index contributed by atoms with van der Waals surface area (Å²) in [6.07, 6.45) is 3.29. The highest BCUT2D eigenvalue weighted by molar-refractivity contribution is 7.91. The lowest BCUT2D eigenvalue weighted by atomic mass is 9.88. The molecule has 6 nitrogen and oxygen atoms in total. The van der Waals surface area contributed by atoms with Crippen molar-refractivity contribution >= 4 is 21.2 Å². The van der Waals surface area contributed by atoms with Gasteiger partial charge in [0, 0.05) is 11.6 Å². The van der Waals surface area contributed by atoms with Gasteiger partial charge in [-0.1, -0.05) is 63.1 Å². The van der Waals surface area contributed by atoms with Gasteiger partial charge in [0.15, 0.2) is 9.84 Å². The molecule has 158 valence electrons. The van der Waals surface area contributed by atoms with Crippen molar-refractivity contribution in [2.45, 2.75) is 56.0 Å². The van der Waals surface area contributed by atoms with Crippen LogP contribution in [-0.2, 0) is 21.2 Å². The molecule has 0 bridgehead atoms. The lowest BCUT2D eigenvalue weighted by Crippen LogP contribution is -2.50. The van der Waals surface area contributed by atoms with Crippen LogP contribution < -0.4 is 9.50 Å². The number of unbranched alkanes of at least 4 members (excludes halogenated alkanes) is 1. The van der Waals surface area contributed by atoms with Crippen LogP contribution in [0.5, 0.6) is 5.75 Å². The maximum absolute atomic E-state index is 13.4. The van der Waals surface area contributed by atoms with Crippen molar-refractivity contribution in [2.24, 2.45) is 0 Å². The van der Waals surface area contributed by atoms with Crippen molar-refractivity contribution in [1.29, 1.82) is 0 Å². The largest absolute Gasteiger partial charge is 0.740 e. The number of rotatable bonds is 7. The summed E-state index contributed by atoms with van der Waals surface area (Å²) in [7, 11) is -3.67. The molecule has 3 rings (SSSR count). The van der Waals surface area contributed by atoms with Gasteiger partial charge in [-0.25, -0.2) is 12.6 Å². The first kappa shape index (κ1) is 22.0. The third-order valence-electron chi connectivity index (χ3n) is 5.53. The number of benzene rings is 2. The zero-order valence-electron chi connectivity index (χ0n) is 16.6. The molecule has 0 fully saturated rings. The highest BCUT2D eigenvalue weighted by Gasteiger charge is 2.41. The Kier molecular flexibility index (Phi) is 6.78. The van der Waals surface area contributed by atoms with Gasteiger partial charge in [0.1, 0.15) is 17.1 Å². The average molecular weight is 437 g/mol. The van der Waals surface area contributed by atoms with Crippen LogP contribution >= 0.6 is 0 Å². The van der Waals surface area contributed by atoms with E-state index >= 15 is 0 Å². The molecule has 0 spiro atoms. The van der Waals surface area contributed by atoms with E-state index in [1.807, 2.05) is 37.3 Å². The van der Waals surface area contributed by atoms with Gasteiger partial charge in [0.25, 0.3) is 0 Å². The Morgan fingerprint density at radius 3 is 2.55 bits per heavy atom. The van der Waals surface area contributed by atoms with E-state index in [1.54, 1.807) is 6.07 Å². The minimum absolute atomic E-state index is 0.00923. The molecule has 1 heterocycles. The molecule has 29 heavy (non-hydrogen) atoms. The molecule has 0 radical (unpaired) electrons. The Labute approximate surface area is 175 Å². The zero-order chi connectivity index (χ0) is 21.1. The molecule has 0 amide bonds. The Morgan fingerprint density at radius 1 is 1.21 bits per heavy atom. The molecule has 1 aliphatic rings. The van der Waals surface area contributed by atoms with Crippen molar-refractivity contribution < 1.29 is 21.4 Å². The summed E-state index contributed by atoms with van der Waals surface area (Å²) in [5.74, 6) is -0.0541. The van der Waals surface area contributed by atoms with Gasteiger partial charge in [-0.2, -0.15) is 0 Å². The first-order valence-corrected chi connectivity index (χ1v) is 12.4. The molecular weight excluding hydrogens is 410 g/mol. The molecule has 1 unspecified atom stereocenters. The van der Waals surface area contributed by atoms with E-state index < -0.39 is 26.7 Å². The topological polar surface area (TPSA) is 95.5 Å². The molecule has 2 aromatic rings. The minimum Gasteiger partial charge on any atom is -0.740 e. The van der Waals surface area contributed by atoms with Crippen molar-refractivity contribution in [2.75, 3.05) is 5.75 Å². The highest BCUT2D eigenvalue weighted by atomic mass is 32.2. The number of sulfone groups is 1. The fourth-order valence-electron chi connectivity index (χ4n) is 3.97. The van der Waals surface area contributed by atoms with E-state index in [0.717, 1.165) is 24.8 Å². The normalized spacial score (nSPS) is 24.3. The third kappa shape index (κ3) is 4.88. The first-order valence-electron chi connectivity index (χ1n) is 9.77. The summed E-state index contributed by atoms with van der Waals surface area (Å²) in [6.45, 7) is 4.09. The second-order valence-electron chi connectivity index (χ2n) is 7.47. The highest BCUT2D eigenvalue weighted by Crippen LogP contribution is 2.39. The van der Waals surface area contributed by atoms with Gasteiger partial charge in [0.2, 0.25) is 0 Å².